The lowest BCUT2D eigenvalue weighted by Crippen LogP contribution is -2.21. The van der Waals surface area contributed by atoms with Gasteiger partial charge in [-0.3, -0.25) is 4.79 Å². The largest absolute Gasteiger partial charge is 0.438 e. The van der Waals surface area contributed by atoms with E-state index >= 15 is 0 Å². The standard InChI is InChI=1S/C21H22F3N5O2/c1-12(2)20(26)28-18(30)11-29-7-6-14-15(29)4-3-5-16(14)31-19-9-13(10-25)8-17(27-19)21(22,23)24/h3-9,12H,10-11,25H2,1-2H3,(H2,26,28,30). The molecule has 1 aromatic carbocycles. The van der Waals surface area contributed by atoms with Crippen LogP contribution in [0.1, 0.15) is 25.1 Å². The van der Waals surface area contributed by atoms with Crippen LogP contribution in [0, 0.1) is 5.92 Å². The van der Waals surface area contributed by atoms with Gasteiger partial charge in [-0.2, -0.15) is 18.2 Å². The van der Waals surface area contributed by atoms with Crippen molar-refractivity contribution in [2.75, 3.05) is 0 Å². The molecule has 0 bridgehead atoms. The lowest BCUT2D eigenvalue weighted by atomic mass is 10.2. The van der Waals surface area contributed by atoms with Crippen molar-refractivity contribution in [2.45, 2.75) is 33.1 Å². The Labute approximate surface area is 176 Å². The summed E-state index contributed by atoms with van der Waals surface area (Å²) in [6.45, 7) is 3.53. The van der Waals surface area contributed by atoms with Gasteiger partial charge in [0.25, 0.3) is 5.91 Å². The summed E-state index contributed by atoms with van der Waals surface area (Å²) in [5, 5.41) is 0.602. The lowest BCUT2D eigenvalue weighted by molar-refractivity contribution is -0.141. The molecule has 3 rings (SSSR count). The first kappa shape index (κ1) is 22.3. The van der Waals surface area contributed by atoms with Gasteiger partial charge in [-0.15, -0.1) is 0 Å². The summed E-state index contributed by atoms with van der Waals surface area (Å²) in [6.07, 6.45) is -2.96. The summed E-state index contributed by atoms with van der Waals surface area (Å²) < 4.78 is 46.7. The molecule has 4 N–H and O–H groups in total. The zero-order valence-electron chi connectivity index (χ0n) is 17.0. The number of amides is 1. The van der Waals surface area contributed by atoms with Crippen molar-refractivity contribution in [3.05, 3.63) is 53.9 Å². The number of aromatic nitrogens is 2. The van der Waals surface area contributed by atoms with Gasteiger partial charge in [-0.05, 0) is 29.8 Å². The van der Waals surface area contributed by atoms with E-state index in [0.29, 0.717) is 16.7 Å². The number of carbonyl (C=O) groups excluding carboxylic acids is 1. The molecule has 1 amide bonds. The highest BCUT2D eigenvalue weighted by molar-refractivity contribution is 5.95. The van der Waals surface area contributed by atoms with E-state index in [9.17, 15) is 18.0 Å². The second kappa shape index (κ2) is 8.76. The molecule has 3 aromatic rings. The number of rotatable bonds is 6. The van der Waals surface area contributed by atoms with Crippen molar-refractivity contribution in [3.63, 3.8) is 0 Å². The fraction of sp³-hybridized carbons (Fsp3) is 0.286. The Balaban J connectivity index is 1.92. The average molecular weight is 433 g/mol. The van der Waals surface area contributed by atoms with Crippen molar-refractivity contribution < 1.29 is 22.7 Å². The Morgan fingerprint density at radius 2 is 2.00 bits per heavy atom. The lowest BCUT2D eigenvalue weighted by Gasteiger charge is -2.12. The topological polar surface area (TPSA) is 109 Å². The van der Waals surface area contributed by atoms with Crippen LogP contribution < -0.4 is 16.2 Å². The highest BCUT2D eigenvalue weighted by atomic mass is 19.4. The van der Waals surface area contributed by atoms with E-state index in [1.807, 2.05) is 13.8 Å². The monoisotopic (exact) mass is 433 g/mol. The normalized spacial score (nSPS) is 12.5. The Kier molecular flexibility index (Phi) is 6.30. The van der Waals surface area contributed by atoms with E-state index in [4.69, 9.17) is 16.2 Å². The maximum atomic E-state index is 13.1. The molecule has 164 valence electrons. The predicted molar refractivity (Wildman–Crippen MR) is 111 cm³/mol. The van der Waals surface area contributed by atoms with E-state index < -0.39 is 17.8 Å². The van der Waals surface area contributed by atoms with Crippen LogP contribution in [0.15, 0.2) is 47.6 Å². The minimum absolute atomic E-state index is 0.0422. The molecule has 31 heavy (non-hydrogen) atoms. The van der Waals surface area contributed by atoms with Gasteiger partial charge >= 0.3 is 6.18 Å². The van der Waals surface area contributed by atoms with Gasteiger partial charge < -0.3 is 20.8 Å². The van der Waals surface area contributed by atoms with Crippen LogP contribution in [0.3, 0.4) is 0 Å². The third-order valence-electron chi connectivity index (χ3n) is 4.53. The summed E-state index contributed by atoms with van der Waals surface area (Å²) in [4.78, 5) is 19.6. The SMILES string of the molecule is CC(C)C(N)=NC(=O)Cn1ccc2c(Oc3cc(CN)cc(C(F)(F)F)n3)cccc21. The van der Waals surface area contributed by atoms with E-state index in [1.165, 1.54) is 6.07 Å². The molecular formula is C21H22F3N5O2. The Morgan fingerprint density at radius 3 is 2.65 bits per heavy atom. The van der Waals surface area contributed by atoms with Gasteiger partial charge in [0.1, 0.15) is 23.8 Å². The quantitative estimate of drug-likeness (QED) is 0.453. The first-order chi connectivity index (χ1) is 14.6. The number of halogens is 3. The van der Waals surface area contributed by atoms with Gasteiger partial charge in [0.2, 0.25) is 5.88 Å². The van der Waals surface area contributed by atoms with Crippen LogP contribution in [0.25, 0.3) is 10.9 Å². The van der Waals surface area contributed by atoms with Crippen molar-refractivity contribution in [2.24, 2.45) is 22.4 Å². The first-order valence-corrected chi connectivity index (χ1v) is 9.49. The molecule has 0 aliphatic heterocycles. The Bertz CT molecular complexity index is 1140. The molecule has 0 atom stereocenters. The number of amidine groups is 1. The van der Waals surface area contributed by atoms with Crippen LogP contribution in [0.2, 0.25) is 0 Å². The van der Waals surface area contributed by atoms with E-state index in [0.717, 1.165) is 6.07 Å². The molecule has 0 saturated heterocycles. The number of nitrogens with two attached hydrogens (primary N) is 2. The fourth-order valence-corrected chi connectivity index (χ4v) is 2.86. The summed E-state index contributed by atoms with van der Waals surface area (Å²) >= 11 is 0. The van der Waals surface area contributed by atoms with Crippen molar-refractivity contribution in [3.8, 4) is 11.6 Å². The second-order valence-corrected chi connectivity index (χ2v) is 7.22. The molecule has 0 fully saturated rings. The molecule has 10 heteroatoms. The van der Waals surface area contributed by atoms with Crippen LogP contribution in [0.4, 0.5) is 13.2 Å². The summed E-state index contributed by atoms with van der Waals surface area (Å²) in [7, 11) is 0. The highest BCUT2D eigenvalue weighted by Crippen LogP contribution is 2.33. The molecule has 7 nitrogen and oxygen atoms in total. The van der Waals surface area contributed by atoms with E-state index in [-0.39, 0.29) is 36.3 Å². The summed E-state index contributed by atoms with van der Waals surface area (Å²) in [5.74, 6) is -0.146. The van der Waals surface area contributed by atoms with E-state index in [1.54, 1.807) is 35.0 Å². The Morgan fingerprint density at radius 1 is 1.26 bits per heavy atom. The number of carbonyl (C=O) groups is 1. The molecule has 0 aliphatic carbocycles. The first-order valence-electron chi connectivity index (χ1n) is 9.49. The van der Waals surface area contributed by atoms with Crippen LogP contribution in [-0.4, -0.2) is 21.3 Å². The minimum Gasteiger partial charge on any atom is -0.438 e. The van der Waals surface area contributed by atoms with Gasteiger partial charge in [0.05, 0.1) is 5.52 Å². The third-order valence-corrected chi connectivity index (χ3v) is 4.53. The minimum atomic E-state index is -4.63. The van der Waals surface area contributed by atoms with Gasteiger partial charge in [-0.25, -0.2) is 4.98 Å². The molecule has 0 aliphatic rings. The molecular weight excluding hydrogens is 411 g/mol. The number of benzene rings is 1. The molecule has 2 heterocycles. The molecule has 0 unspecified atom stereocenters. The summed E-state index contributed by atoms with van der Waals surface area (Å²) in [6, 6.07) is 8.98. The highest BCUT2D eigenvalue weighted by Gasteiger charge is 2.33. The smallest absolute Gasteiger partial charge is 0.433 e. The predicted octanol–water partition coefficient (Wildman–Crippen LogP) is 3.85. The second-order valence-electron chi connectivity index (χ2n) is 7.22. The van der Waals surface area contributed by atoms with Crippen molar-refractivity contribution in [1.29, 1.82) is 0 Å². The molecule has 0 spiro atoms. The average Bonchev–Trinajstić information content (AvgIpc) is 3.10. The number of pyridine rings is 1. The number of aliphatic imine (C=N–C) groups is 1. The van der Waals surface area contributed by atoms with Crippen molar-refractivity contribution in [1.82, 2.24) is 9.55 Å². The van der Waals surface area contributed by atoms with Crippen LogP contribution in [-0.2, 0) is 24.1 Å². The number of ether oxygens (including phenoxy) is 1. The number of alkyl halides is 3. The van der Waals surface area contributed by atoms with Gasteiger partial charge in [0.15, 0.2) is 0 Å². The number of hydrogen-bond acceptors (Lipinski definition) is 4. The number of fused-ring (bicyclic) bond motifs is 1. The van der Waals surface area contributed by atoms with Gasteiger partial charge in [-0.1, -0.05) is 19.9 Å². The maximum absolute atomic E-state index is 13.1. The number of hydrogen-bond donors (Lipinski definition) is 2. The van der Waals surface area contributed by atoms with Gasteiger partial charge in [0, 0.05) is 30.1 Å². The fourth-order valence-electron chi connectivity index (χ4n) is 2.86. The molecule has 2 aromatic heterocycles. The molecule has 0 radical (unpaired) electrons. The zero-order valence-corrected chi connectivity index (χ0v) is 17.0. The maximum Gasteiger partial charge on any atom is 0.433 e. The zero-order chi connectivity index (χ0) is 22.8. The van der Waals surface area contributed by atoms with Crippen LogP contribution in [0.5, 0.6) is 11.6 Å². The van der Waals surface area contributed by atoms with Crippen LogP contribution >= 0.6 is 0 Å². The third kappa shape index (κ3) is 5.21. The van der Waals surface area contributed by atoms with Crippen molar-refractivity contribution >= 4 is 22.6 Å². The number of nitrogens with zero attached hydrogens (tertiary/aromatic N) is 3. The molecule has 0 saturated carbocycles. The summed E-state index contributed by atoms with van der Waals surface area (Å²) in [5.41, 5.74) is 11.1. The van der Waals surface area contributed by atoms with E-state index in [2.05, 4.69) is 9.98 Å². The Hall–Kier alpha value is -3.40.